The number of nitrogens with zero attached hydrogens (tertiary/aromatic N) is 2. The van der Waals surface area contributed by atoms with Crippen molar-refractivity contribution in [2.24, 2.45) is 0 Å². The molecular formula is C19H21N3O2S. The molecule has 130 valence electrons. The maximum Gasteiger partial charge on any atom is 0.230 e. The van der Waals surface area contributed by atoms with E-state index in [2.05, 4.69) is 15.3 Å². The average molecular weight is 355 g/mol. The summed E-state index contributed by atoms with van der Waals surface area (Å²) in [6.07, 6.45) is 5.89. The molecule has 0 radical (unpaired) electrons. The first-order valence-corrected chi connectivity index (χ1v) is 9.77. The van der Waals surface area contributed by atoms with E-state index in [4.69, 9.17) is 4.42 Å². The summed E-state index contributed by atoms with van der Waals surface area (Å²) in [5.41, 5.74) is 2.28. The Morgan fingerprint density at radius 3 is 2.88 bits per heavy atom. The van der Waals surface area contributed by atoms with E-state index in [-0.39, 0.29) is 5.91 Å². The number of rotatable bonds is 4. The second-order valence-electron chi connectivity index (χ2n) is 6.54. The molecule has 1 aliphatic carbocycles. The van der Waals surface area contributed by atoms with Crippen molar-refractivity contribution in [1.82, 2.24) is 15.3 Å². The third-order valence-electron chi connectivity index (χ3n) is 4.61. The van der Waals surface area contributed by atoms with Gasteiger partial charge in [-0.1, -0.05) is 43.2 Å². The maximum absolute atomic E-state index is 12.3. The predicted molar refractivity (Wildman–Crippen MR) is 99.8 cm³/mol. The largest absolute Gasteiger partial charge is 0.451 e. The third kappa shape index (κ3) is 3.49. The fourth-order valence-corrected chi connectivity index (χ4v) is 4.24. The molecule has 2 heterocycles. The van der Waals surface area contributed by atoms with Gasteiger partial charge in [-0.3, -0.25) is 4.79 Å². The van der Waals surface area contributed by atoms with Crippen LogP contribution < -0.4 is 5.32 Å². The standard InChI is InChI=1S/C19H21N3O2S/c1-12-20-17-14-9-5-6-10-15(14)24-18(17)19(21-12)25-11-16(23)22-13-7-3-2-4-8-13/h5-6,9-10,13H,2-4,7-8,11H2,1H3,(H,22,23). The molecule has 1 amide bonds. The molecule has 0 bridgehead atoms. The number of benzene rings is 1. The average Bonchev–Trinajstić information content (AvgIpc) is 2.99. The first-order chi connectivity index (χ1) is 12.2. The van der Waals surface area contributed by atoms with E-state index < -0.39 is 0 Å². The fourth-order valence-electron chi connectivity index (χ4n) is 3.42. The summed E-state index contributed by atoms with van der Waals surface area (Å²) in [6, 6.07) is 8.17. The molecule has 0 unspecified atom stereocenters. The Balaban J connectivity index is 1.53. The summed E-state index contributed by atoms with van der Waals surface area (Å²) in [7, 11) is 0. The lowest BCUT2D eigenvalue weighted by Gasteiger charge is -2.22. The molecule has 1 N–H and O–H groups in total. The Morgan fingerprint density at radius 2 is 2.04 bits per heavy atom. The lowest BCUT2D eigenvalue weighted by atomic mass is 9.95. The lowest BCUT2D eigenvalue weighted by molar-refractivity contribution is -0.119. The van der Waals surface area contributed by atoms with Crippen LogP contribution in [0.3, 0.4) is 0 Å². The molecule has 2 aromatic heterocycles. The van der Waals surface area contributed by atoms with Gasteiger partial charge in [0, 0.05) is 11.4 Å². The molecule has 3 aromatic rings. The van der Waals surface area contributed by atoms with E-state index in [9.17, 15) is 4.79 Å². The zero-order chi connectivity index (χ0) is 17.2. The van der Waals surface area contributed by atoms with Crippen LogP contribution in [0.1, 0.15) is 37.9 Å². The molecule has 4 rings (SSSR count). The SMILES string of the molecule is Cc1nc(SCC(=O)NC2CCCCC2)c2oc3ccccc3c2n1. The highest BCUT2D eigenvalue weighted by molar-refractivity contribution is 8.00. The number of hydrogen-bond acceptors (Lipinski definition) is 5. The quantitative estimate of drug-likeness (QED) is 0.560. The zero-order valence-electron chi connectivity index (χ0n) is 14.2. The van der Waals surface area contributed by atoms with Crippen LogP contribution in [0.4, 0.5) is 0 Å². The van der Waals surface area contributed by atoms with Gasteiger partial charge in [-0.25, -0.2) is 9.97 Å². The van der Waals surface area contributed by atoms with Crippen molar-refractivity contribution in [2.75, 3.05) is 5.75 Å². The van der Waals surface area contributed by atoms with Crippen molar-refractivity contribution >= 4 is 39.7 Å². The Morgan fingerprint density at radius 1 is 1.24 bits per heavy atom. The number of carbonyl (C=O) groups excluding carboxylic acids is 1. The van der Waals surface area contributed by atoms with E-state index in [0.717, 1.165) is 34.4 Å². The van der Waals surface area contributed by atoms with E-state index in [0.29, 0.717) is 23.2 Å². The van der Waals surface area contributed by atoms with Crippen molar-refractivity contribution in [3.63, 3.8) is 0 Å². The number of para-hydroxylation sites is 1. The molecule has 6 heteroatoms. The Kier molecular flexibility index (Phi) is 4.61. The Labute approximate surface area is 150 Å². The van der Waals surface area contributed by atoms with Crippen LogP contribution in [0.2, 0.25) is 0 Å². The summed E-state index contributed by atoms with van der Waals surface area (Å²) in [5.74, 6) is 1.10. The van der Waals surface area contributed by atoms with Crippen LogP contribution in [-0.4, -0.2) is 27.7 Å². The normalized spacial score (nSPS) is 15.7. The number of thioether (sulfide) groups is 1. The van der Waals surface area contributed by atoms with Gasteiger partial charge in [0.15, 0.2) is 5.58 Å². The summed E-state index contributed by atoms with van der Waals surface area (Å²) in [6.45, 7) is 1.87. The summed E-state index contributed by atoms with van der Waals surface area (Å²) in [4.78, 5) is 21.3. The number of furan rings is 1. The van der Waals surface area contributed by atoms with E-state index in [1.807, 2.05) is 31.2 Å². The van der Waals surface area contributed by atoms with Crippen LogP contribution in [0, 0.1) is 6.92 Å². The van der Waals surface area contributed by atoms with Crippen LogP contribution in [0.5, 0.6) is 0 Å². The highest BCUT2D eigenvalue weighted by Crippen LogP contribution is 2.33. The van der Waals surface area contributed by atoms with Crippen LogP contribution in [0.25, 0.3) is 22.1 Å². The van der Waals surface area contributed by atoms with Gasteiger partial charge in [0.05, 0.1) is 5.75 Å². The minimum Gasteiger partial charge on any atom is -0.451 e. The van der Waals surface area contributed by atoms with Gasteiger partial charge in [-0.2, -0.15) is 0 Å². The number of carbonyl (C=O) groups is 1. The van der Waals surface area contributed by atoms with E-state index in [1.54, 1.807) is 0 Å². The van der Waals surface area contributed by atoms with Crippen molar-refractivity contribution in [1.29, 1.82) is 0 Å². The molecule has 25 heavy (non-hydrogen) atoms. The molecule has 0 atom stereocenters. The van der Waals surface area contributed by atoms with Crippen LogP contribution in [-0.2, 0) is 4.79 Å². The highest BCUT2D eigenvalue weighted by atomic mass is 32.2. The number of aromatic nitrogens is 2. The molecule has 1 fully saturated rings. The van der Waals surface area contributed by atoms with Gasteiger partial charge in [0.25, 0.3) is 0 Å². The minimum atomic E-state index is 0.0671. The maximum atomic E-state index is 12.3. The monoisotopic (exact) mass is 355 g/mol. The van der Waals surface area contributed by atoms with E-state index in [1.165, 1.54) is 31.0 Å². The van der Waals surface area contributed by atoms with Crippen molar-refractivity contribution in [2.45, 2.75) is 50.1 Å². The second-order valence-corrected chi connectivity index (χ2v) is 7.51. The molecule has 1 aliphatic rings. The van der Waals surface area contributed by atoms with Gasteiger partial charge in [0.2, 0.25) is 5.91 Å². The number of nitrogens with one attached hydrogen (secondary N) is 1. The van der Waals surface area contributed by atoms with E-state index >= 15 is 0 Å². The Bertz CT molecular complexity index is 916. The molecule has 0 aliphatic heterocycles. The van der Waals surface area contributed by atoms with Gasteiger partial charge in [0.1, 0.15) is 22.0 Å². The van der Waals surface area contributed by atoms with Gasteiger partial charge in [-0.05, 0) is 31.9 Å². The van der Waals surface area contributed by atoms with Crippen molar-refractivity contribution < 1.29 is 9.21 Å². The lowest BCUT2D eigenvalue weighted by Crippen LogP contribution is -2.37. The second kappa shape index (κ2) is 7.04. The Hall–Kier alpha value is -2.08. The van der Waals surface area contributed by atoms with Gasteiger partial charge in [-0.15, -0.1) is 0 Å². The summed E-state index contributed by atoms with van der Waals surface area (Å²) < 4.78 is 5.94. The fraction of sp³-hybridized carbons (Fsp3) is 0.421. The molecule has 1 saturated carbocycles. The van der Waals surface area contributed by atoms with Gasteiger partial charge < -0.3 is 9.73 Å². The van der Waals surface area contributed by atoms with Crippen molar-refractivity contribution in [3.8, 4) is 0 Å². The summed E-state index contributed by atoms with van der Waals surface area (Å²) >= 11 is 1.42. The summed E-state index contributed by atoms with van der Waals surface area (Å²) in [5, 5.41) is 4.86. The molecule has 5 nitrogen and oxygen atoms in total. The van der Waals surface area contributed by atoms with Crippen LogP contribution in [0.15, 0.2) is 33.7 Å². The first-order valence-electron chi connectivity index (χ1n) is 8.79. The number of fused-ring (bicyclic) bond motifs is 3. The number of hydrogen-bond donors (Lipinski definition) is 1. The molecule has 0 saturated heterocycles. The number of aryl methyl sites for hydroxylation is 1. The molecular weight excluding hydrogens is 334 g/mol. The van der Waals surface area contributed by atoms with Gasteiger partial charge >= 0.3 is 0 Å². The third-order valence-corrected chi connectivity index (χ3v) is 5.57. The predicted octanol–water partition coefficient (Wildman–Crippen LogP) is 4.23. The topological polar surface area (TPSA) is 68.0 Å². The molecule has 0 spiro atoms. The first kappa shape index (κ1) is 16.4. The highest BCUT2D eigenvalue weighted by Gasteiger charge is 2.18. The van der Waals surface area contributed by atoms with Crippen LogP contribution >= 0.6 is 11.8 Å². The zero-order valence-corrected chi connectivity index (χ0v) is 15.1. The smallest absolute Gasteiger partial charge is 0.230 e. The number of amides is 1. The minimum absolute atomic E-state index is 0.0671. The molecule has 1 aromatic carbocycles. The van der Waals surface area contributed by atoms with Crippen molar-refractivity contribution in [3.05, 3.63) is 30.1 Å².